The predicted molar refractivity (Wildman–Crippen MR) is 81.2 cm³/mol. The van der Waals surface area contributed by atoms with E-state index < -0.39 is 0 Å². The molecule has 21 heavy (non-hydrogen) atoms. The Morgan fingerprint density at radius 1 is 1.43 bits per heavy atom. The summed E-state index contributed by atoms with van der Waals surface area (Å²) >= 11 is 1.36. The number of rotatable bonds is 3. The first kappa shape index (κ1) is 14.1. The Hall–Kier alpha value is -1.86. The lowest BCUT2D eigenvalue weighted by Gasteiger charge is -2.23. The van der Waals surface area contributed by atoms with Crippen LogP contribution in [0.3, 0.4) is 0 Å². The number of likely N-dealkylation sites (N-methyl/N-ethyl adjacent to an activating group) is 1. The molecule has 0 bridgehead atoms. The lowest BCUT2D eigenvalue weighted by molar-refractivity contribution is 0.0747. The predicted octanol–water partition coefficient (Wildman–Crippen LogP) is 1.34. The summed E-state index contributed by atoms with van der Waals surface area (Å²) in [4.78, 5) is 27.9. The molecule has 0 spiro atoms. The van der Waals surface area contributed by atoms with Gasteiger partial charge in [0.1, 0.15) is 4.88 Å². The molecule has 3 rings (SSSR count). The third-order valence-corrected chi connectivity index (χ3v) is 4.79. The molecule has 3 heterocycles. The van der Waals surface area contributed by atoms with E-state index in [0.717, 1.165) is 25.2 Å². The number of nitrogens with one attached hydrogen (secondary N) is 1. The van der Waals surface area contributed by atoms with Crippen LogP contribution in [0, 0.1) is 6.92 Å². The van der Waals surface area contributed by atoms with Crippen LogP contribution in [0.5, 0.6) is 0 Å². The quantitative estimate of drug-likeness (QED) is 0.926. The van der Waals surface area contributed by atoms with E-state index in [1.807, 2.05) is 18.9 Å². The average molecular weight is 303 g/mol. The molecule has 1 unspecified atom stereocenters. The van der Waals surface area contributed by atoms with Crippen molar-refractivity contribution in [1.29, 1.82) is 0 Å². The number of aryl methyl sites for hydroxylation is 1. The van der Waals surface area contributed by atoms with Gasteiger partial charge in [-0.3, -0.25) is 4.79 Å². The fourth-order valence-corrected chi connectivity index (χ4v) is 3.39. The molecule has 6 nitrogen and oxygen atoms in total. The molecule has 0 aliphatic carbocycles. The Balaban J connectivity index is 1.85. The standard InChI is InChI=1S/C14H17N5OS/c1-9-11(14(20)19(2)10-4-7-15-8-10)21-13(18-9)12-16-5-3-6-17-12/h3,5-6,10,15H,4,7-8H2,1-2H3. The molecule has 1 aliphatic heterocycles. The van der Waals surface area contributed by atoms with Gasteiger partial charge < -0.3 is 10.2 Å². The second-order valence-corrected chi connectivity index (χ2v) is 6.07. The van der Waals surface area contributed by atoms with Gasteiger partial charge in [0.05, 0.1) is 5.69 Å². The minimum absolute atomic E-state index is 0.0286. The molecule has 1 amide bonds. The minimum atomic E-state index is 0.0286. The lowest BCUT2D eigenvalue weighted by Crippen LogP contribution is -2.38. The van der Waals surface area contributed by atoms with E-state index in [1.54, 1.807) is 18.5 Å². The summed E-state index contributed by atoms with van der Waals surface area (Å²) in [5, 5.41) is 3.97. The van der Waals surface area contributed by atoms with Gasteiger partial charge >= 0.3 is 0 Å². The maximum absolute atomic E-state index is 12.6. The van der Waals surface area contributed by atoms with Crippen LogP contribution in [0.4, 0.5) is 0 Å². The fourth-order valence-electron chi connectivity index (χ4n) is 2.40. The highest BCUT2D eigenvalue weighted by Crippen LogP contribution is 2.26. The smallest absolute Gasteiger partial charge is 0.265 e. The van der Waals surface area contributed by atoms with E-state index in [4.69, 9.17) is 0 Å². The highest BCUT2D eigenvalue weighted by molar-refractivity contribution is 7.17. The first-order valence-electron chi connectivity index (χ1n) is 6.89. The van der Waals surface area contributed by atoms with Crippen molar-refractivity contribution in [2.45, 2.75) is 19.4 Å². The molecule has 1 atom stereocenters. The highest BCUT2D eigenvalue weighted by Gasteiger charge is 2.27. The third-order valence-electron chi connectivity index (χ3n) is 3.65. The van der Waals surface area contributed by atoms with E-state index in [-0.39, 0.29) is 11.9 Å². The Morgan fingerprint density at radius 3 is 2.86 bits per heavy atom. The van der Waals surface area contributed by atoms with Gasteiger partial charge in [0.25, 0.3) is 5.91 Å². The van der Waals surface area contributed by atoms with Gasteiger partial charge in [-0.1, -0.05) is 0 Å². The van der Waals surface area contributed by atoms with Gasteiger partial charge in [0.15, 0.2) is 10.8 Å². The first-order chi connectivity index (χ1) is 10.2. The Labute approximate surface area is 127 Å². The molecule has 0 saturated carbocycles. The summed E-state index contributed by atoms with van der Waals surface area (Å²) in [6.45, 7) is 3.68. The number of nitrogens with zero attached hydrogens (tertiary/aromatic N) is 4. The summed E-state index contributed by atoms with van der Waals surface area (Å²) in [7, 11) is 1.86. The molecule has 0 radical (unpaired) electrons. The topological polar surface area (TPSA) is 71.0 Å². The van der Waals surface area contributed by atoms with Gasteiger partial charge in [-0.2, -0.15) is 0 Å². The largest absolute Gasteiger partial charge is 0.337 e. The second kappa shape index (κ2) is 5.87. The number of thiazole rings is 1. The summed E-state index contributed by atoms with van der Waals surface area (Å²) < 4.78 is 0. The number of carbonyl (C=O) groups is 1. The van der Waals surface area contributed by atoms with Gasteiger partial charge in [0, 0.05) is 32.0 Å². The number of carbonyl (C=O) groups excluding carboxylic acids is 1. The zero-order valence-corrected chi connectivity index (χ0v) is 12.9. The zero-order chi connectivity index (χ0) is 14.8. The van der Waals surface area contributed by atoms with Crippen molar-refractivity contribution in [3.8, 4) is 10.8 Å². The van der Waals surface area contributed by atoms with Crippen LogP contribution in [0.25, 0.3) is 10.8 Å². The van der Waals surface area contributed by atoms with Gasteiger partial charge in [-0.05, 0) is 26.0 Å². The average Bonchev–Trinajstić information content (AvgIpc) is 3.16. The summed E-state index contributed by atoms with van der Waals surface area (Å²) in [5.41, 5.74) is 0.741. The fraction of sp³-hybridized carbons (Fsp3) is 0.429. The van der Waals surface area contributed by atoms with E-state index in [0.29, 0.717) is 15.7 Å². The summed E-state index contributed by atoms with van der Waals surface area (Å²) in [6.07, 6.45) is 4.35. The van der Waals surface area contributed by atoms with Crippen LogP contribution in [0.15, 0.2) is 18.5 Å². The summed E-state index contributed by atoms with van der Waals surface area (Å²) in [5.74, 6) is 0.593. The Morgan fingerprint density at radius 2 is 2.19 bits per heavy atom. The third kappa shape index (κ3) is 2.79. The van der Waals surface area contributed by atoms with Crippen molar-refractivity contribution in [1.82, 2.24) is 25.2 Å². The van der Waals surface area contributed by atoms with Crippen LogP contribution in [-0.2, 0) is 0 Å². The van der Waals surface area contributed by atoms with E-state index in [1.165, 1.54) is 11.3 Å². The first-order valence-corrected chi connectivity index (χ1v) is 7.71. The molecule has 2 aromatic heterocycles. The maximum Gasteiger partial charge on any atom is 0.265 e. The van der Waals surface area contributed by atoms with Crippen LogP contribution in [0.1, 0.15) is 21.8 Å². The minimum Gasteiger partial charge on any atom is -0.337 e. The normalized spacial score (nSPS) is 17.9. The van der Waals surface area contributed by atoms with Crippen LogP contribution in [0.2, 0.25) is 0 Å². The van der Waals surface area contributed by atoms with E-state index in [9.17, 15) is 4.79 Å². The van der Waals surface area contributed by atoms with Crippen molar-refractivity contribution in [3.05, 3.63) is 29.0 Å². The molecular weight excluding hydrogens is 286 g/mol. The highest BCUT2D eigenvalue weighted by atomic mass is 32.1. The Kier molecular flexibility index (Phi) is 3.94. The van der Waals surface area contributed by atoms with Crippen molar-refractivity contribution < 1.29 is 4.79 Å². The monoisotopic (exact) mass is 303 g/mol. The molecular formula is C14H17N5OS. The van der Waals surface area contributed by atoms with Gasteiger partial charge in [-0.15, -0.1) is 11.3 Å². The number of hydrogen-bond acceptors (Lipinski definition) is 6. The second-order valence-electron chi connectivity index (χ2n) is 5.07. The molecule has 7 heteroatoms. The lowest BCUT2D eigenvalue weighted by atomic mass is 10.2. The zero-order valence-electron chi connectivity index (χ0n) is 12.0. The number of aromatic nitrogens is 3. The van der Waals surface area contributed by atoms with Crippen molar-refractivity contribution in [3.63, 3.8) is 0 Å². The number of hydrogen-bond donors (Lipinski definition) is 1. The molecule has 110 valence electrons. The van der Waals surface area contributed by atoms with Gasteiger partial charge in [0.2, 0.25) is 0 Å². The van der Waals surface area contributed by atoms with Gasteiger partial charge in [-0.25, -0.2) is 15.0 Å². The van der Waals surface area contributed by atoms with Crippen LogP contribution >= 0.6 is 11.3 Å². The van der Waals surface area contributed by atoms with Crippen molar-refractivity contribution in [2.24, 2.45) is 0 Å². The van der Waals surface area contributed by atoms with E-state index >= 15 is 0 Å². The number of amides is 1. The molecule has 0 aromatic carbocycles. The molecule has 1 N–H and O–H groups in total. The molecule has 2 aromatic rings. The van der Waals surface area contributed by atoms with Crippen molar-refractivity contribution >= 4 is 17.2 Å². The van der Waals surface area contributed by atoms with Crippen LogP contribution < -0.4 is 5.32 Å². The summed E-state index contributed by atoms with van der Waals surface area (Å²) in [6, 6.07) is 2.02. The van der Waals surface area contributed by atoms with Crippen LogP contribution in [-0.4, -0.2) is 51.9 Å². The van der Waals surface area contributed by atoms with E-state index in [2.05, 4.69) is 20.3 Å². The molecule has 1 saturated heterocycles. The maximum atomic E-state index is 12.6. The molecule has 1 fully saturated rings. The van der Waals surface area contributed by atoms with Crippen molar-refractivity contribution in [2.75, 3.05) is 20.1 Å². The molecule has 1 aliphatic rings. The SMILES string of the molecule is Cc1nc(-c2ncccn2)sc1C(=O)N(C)C1CCNC1. The Bertz CT molecular complexity index is 636.